The Morgan fingerprint density at radius 2 is 1.78 bits per heavy atom. The molecule has 0 aromatic heterocycles. The normalized spacial score (nSPS) is 25.1. The van der Waals surface area contributed by atoms with Crippen LogP contribution >= 0.6 is 0 Å². The second-order valence-corrected chi connectivity index (χ2v) is 7.81. The largest absolute Gasteiger partial charge is 0.366 e. The molecule has 1 saturated carbocycles. The van der Waals surface area contributed by atoms with Gasteiger partial charge in [0.25, 0.3) is 0 Å². The molecule has 144 valence electrons. The number of aryl methyl sites for hydroxylation is 1. The predicted molar refractivity (Wildman–Crippen MR) is 108 cm³/mol. The van der Waals surface area contributed by atoms with Crippen LogP contribution < -0.4 is 0 Å². The van der Waals surface area contributed by atoms with Crippen LogP contribution in [0.3, 0.4) is 0 Å². The molecule has 2 aliphatic rings. The van der Waals surface area contributed by atoms with Crippen LogP contribution in [0, 0.1) is 18.8 Å². The molecule has 0 spiro atoms. The molecular weight excluding hydrogens is 336 g/mol. The molecular formula is C24H30O3. The molecule has 1 atom stereocenters. The van der Waals surface area contributed by atoms with Gasteiger partial charge >= 0.3 is 0 Å². The van der Waals surface area contributed by atoms with E-state index in [1.165, 1.54) is 16.7 Å². The third-order valence-corrected chi connectivity index (χ3v) is 5.84. The minimum atomic E-state index is -0.0273. The number of rotatable bonds is 7. The summed E-state index contributed by atoms with van der Waals surface area (Å²) in [5.74, 6) is 0.781. The molecule has 0 bridgehead atoms. The molecule has 0 amide bonds. The lowest BCUT2D eigenvalue weighted by molar-refractivity contribution is -0.132. The fraction of sp³-hybridized carbons (Fsp3) is 0.500. The van der Waals surface area contributed by atoms with E-state index in [4.69, 9.17) is 4.74 Å². The molecule has 0 radical (unpaired) electrons. The second-order valence-electron chi connectivity index (χ2n) is 7.81. The number of carbonyl (C=O) groups excluding carboxylic acids is 2. The first-order valence-electron chi connectivity index (χ1n) is 10.2. The van der Waals surface area contributed by atoms with Crippen LogP contribution in [0.15, 0.2) is 42.5 Å². The van der Waals surface area contributed by atoms with Crippen molar-refractivity contribution in [3.8, 4) is 0 Å². The molecule has 1 fully saturated rings. The summed E-state index contributed by atoms with van der Waals surface area (Å²) in [6.45, 7) is 4.20. The first kappa shape index (κ1) is 19.8. The van der Waals surface area contributed by atoms with E-state index < -0.39 is 0 Å². The van der Waals surface area contributed by atoms with Gasteiger partial charge in [-0.25, -0.2) is 0 Å². The number of ether oxygens (including phenoxy) is 1. The van der Waals surface area contributed by atoms with Crippen LogP contribution in [0.2, 0.25) is 0 Å². The van der Waals surface area contributed by atoms with Crippen LogP contribution in [0.4, 0.5) is 0 Å². The van der Waals surface area contributed by atoms with Gasteiger partial charge in [-0.05, 0) is 50.2 Å². The van der Waals surface area contributed by atoms with E-state index in [9.17, 15) is 9.59 Å². The van der Waals surface area contributed by atoms with Gasteiger partial charge in [-0.15, -0.1) is 0 Å². The number of carbonyl (C=O) groups is 2. The fourth-order valence-corrected chi connectivity index (χ4v) is 4.10. The van der Waals surface area contributed by atoms with Crippen LogP contribution in [0.5, 0.6) is 0 Å². The number of ketones is 2. The Morgan fingerprint density at radius 3 is 2.37 bits per heavy atom. The van der Waals surface area contributed by atoms with Gasteiger partial charge in [0.15, 0.2) is 5.78 Å². The van der Waals surface area contributed by atoms with Gasteiger partial charge in [0, 0.05) is 18.3 Å². The van der Waals surface area contributed by atoms with Crippen LogP contribution in [0.25, 0.3) is 5.57 Å². The van der Waals surface area contributed by atoms with Crippen molar-refractivity contribution in [2.24, 2.45) is 11.8 Å². The molecule has 1 aromatic rings. The van der Waals surface area contributed by atoms with Crippen molar-refractivity contribution in [3.05, 3.63) is 53.6 Å². The molecule has 1 unspecified atom stereocenters. The summed E-state index contributed by atoms with van der Waals surface area (Å²) in [5, 5.41) is 0. The van der Waals surface area contributed by atoms with Crippen molar-refractivity contribution in [1.29, 1.82) is 0 Å². The van der Waals surface area contributed by atoms with E-state index in [-0.39, 0.29) is 30.3 Å². The number of hydrogen-bond donors (Lipinski definition) is 0. The highest BCUT2D eigenvalue weighted by atomic mass is 16.5. The first-order chi connectivity index (χ1) is 13.1. The third kappa shape index (κ3) is 5.26. The van der Waals surface area contributed by atoms with Gasteiger partial charge in [0.2, 0.25) is 0 Å². The van der Waals surface area contributed by atoms with E-state index in [0.29, 0.717) is 12.2 Å². The summed E-state index contributed by atoms with van der Waals surface area (Å²) >= 11 is 0. The average Bonchev–Trinajstić information content (AvgIpc) is 2.72. The minimum Gasteiger partial charge on any atom is -0.366 e. The lowest BCUT2D eigenvalue weighted by Gasteiger charge is -2.27. The molecule has 3 rings (SSSR count). The molecule has 2 aliphatic carbocycles. The second kappa shape index (κ2) is 9.27. The smallest absolute Gasteiger partial charge is 0.161 e. The van der Waals surface area contributed by atoms with Gasteiger partial charge in [0.1, 0.15) is 12.4 Å². The fourth-order valence-electron chi connectivity index (χ4n) is 4.10. The van der Waals surface area contributed by atoms with Crippen molar-refractivity contribution >= 4 is 17.1 Å². The van der Waals surface area contributed by atoms with E-state index in [2.05, 4.69) is 49.4 Å². The summed E-state index contributed by atoms with van der Waals surface area (Å²) in [6.07, 6.45) is 11.1. The highest BCUT2D eigenvalue weighted by Gasteiger charge is 2.29. The zero-order valence-electron chi connectivity index (χ0n) is 16.4. The zero-order valence-corrected chi connectivity index (χ0v) is 16.4. The molecule has 0 N–H and O–H groups in total. The zero-order chi connectivity index (χ0) is 19.2. The van der Waals surface area contributed by atoms with Crippen molar-refractivity contribution in [3.63, 3.8) is 0 Å². The maximum atomic E-state index is 12.5. The lowest BCUT2D eigenvalue weighted by Crippen LogP contribution is -2.29. The van der Waals surface area contributed by atoms with Gasteiger partial charge in [-0.3, -0.25) is 9.59 Å². The number of hydrogen-bond acceptors (Lipinski definition) is 3. The van der Waals surface area contributed by atoms with Crippen molar-refractivity contribution < 1.29 is 14.3 Å². The van der Waals surface area contributed by atoms with Crippen molar-refractivity contribution in [2.45, 2.75) is 58.5 Å². The quantitative estimate of drug-likeness (QED) is 0.676. The number of Topliss-reactive ketones (excluding diaryl/α,β-unsaturated/α-hetero) is 2. The summed E-state index contributed by atoms with van der Waals surface area (Å²) in [6, 6.07) is 8.47. The SMILES string of the molecule is CCC(=O)C1CCC(C(=O)COC2C=CC(c3cccc(C)c3)=CC2)CC1. The Bertz CT molecular complexity index is 736. The maximum absolute atomic E-state index is 12.5. The average molecular weight is 367 g/mol. The van der Waals surface area contributed by atoms with Crippen LogP contribution in [-0.2, 0) is 14.3 Å². The van der Waals surface area contributed by atoms with Gasteiger partial charge in [0.05, 0.1) is 6.10 Å². The topological polar surface area (TPSA) is 43.4 Å². The van der Waals surface area contributed by atoms with Gasteiger partial charge < -0.3 is 4.74 Å². The highest BCUT2D eigenvalue weighted by Crippen LogP contribution is 2.31. The monoisotopic (exact) mass is 366 g/mol. The molecule has 1 aromatic carbocycles. The summed E-state index contributed by atoms with van der Waals surface area (Å²) in [4.78, 5) is 24.3. The molecule has 27 heavy (non-hydrogen) atoms. The van der Waals surface area contributed by atoms with Gasteiger partial charge in [-0.1, -0.05) is 55.0 Å². The summed E-state index contributed by atoms with van der Waals surface area (Å²) < 4.78 is 5.85. The lowest BCUT2D eigenvalue weighted by atomic mass is 9.78. The first-order valence-corrected chi connectivity index (χ1v) is 10.2. The Balaban J connectivity index is 1.43. The summed E-state index contributed by atoms with van der Waals surface area (Å²) in [7, 11) is 0. The Labute approximate surface area is 162 Å². The van der Waals surface area contributed by atoms with Crippen molar-refractivity contribution in [1.82, 2.24) is 0 Å². The van der Waals surface area contributed by atoms with E-state index in [0.717, 1.165) is 32.1 Å². The minimum absolute atomic E-state index is 0.0273. The van der Waals surface area contributed by atoms with E-state index >= 15 is 0 Å². The Morgan fingerprint density at radius 1 is 1.07 bits per heavy atom. The standard InChI is InChI=1S/C24H30O3/c1-3-23(25)19-7-9-20(10-8-19)24(26)16-27-22-13-11-18(12-14-22)21-6-4-5-17(2)15-21/h4-6,11-13,15,19-20,22H,3,7-10,14,16H2,1-2H3. The predicted octanol–water partition coefficient (Wildman–Crippen LogP) is 5.08. The number of allylic oxidation sites excluding steroid dienone is 2. The molecule has 3 heteroatoms. The Hall–Kier alpha value is -2.00. The highest BCUT2D eigenvalue weighted by molar-refractivity contribution is 5.84. The molecule has 0 saturated heterocycles. The maximum Gasteiger partial charge on any atom is 0.161 e. The Kier molecular flexibility index (Phi) is 6.78. The number of benzene rings is 1. The van der Waals surface area contributed by atoms with E-state index in [1.54, 1.807) is 0 Å². The molecule has 3 nitrogen and oxygen atoms in total. The van der Waals surface area contributed by atoms with Gasteiger partial charge in [-0.2, -0.15) is 0 Å². The van der Waals surface area contributed by atoms with E-state index in [1.807, 2.05) is 6.92 Å². The van der Waals surface area contributed by atoms with Crippen LogP contribution in [-0.4, -0.2) is 24.3 Å². The third-order valence-electron chi connectivity index (χ3n) is 5.84. The molecule has 0 aliphatic heterocycles. The molecule has 0 heterocycles. The summed E-state index contributed by atoms with van der Waals surface area (Å²) in [5.41, 5.74) is 3.68. The van der Waals surface area contributed by atoms with Crippen LogP contribution in [0.1, 0.15) is 56.6 Å². The van der Waals surface area contributed by atoms with Crippen molar-refractivity contribution in [2.75, 3.05) is 6.61 Å².